The highest BCUT2D eigenvalue weighted by atomic mass is 16.5. The second-order valence-electron chi connectivity index (χ2n) is 3.58. The van der Waals surface area contributed by atoms with E-state index in [4.69, 9.17) is 5.73 Å². The van der Waals surface area contributed by atoms with Crippen LogP contribution in [-0.4, -0.2) is 43.0 Å². The molecule has 0 aromatic rings. The van der Waals surface area contributed by atoms with Gasteiger partial charge in [0, 0.05) is 12.5 Å². The van der Waals surface area contributed by atoms with Gasteiger partial charge in [-0.1, -0.05) is 0 Å². The molecule has 15 heavy (non-hydrogen) atoms. The molecule has 88 valence electrons. The van der Waals surface area contributed by atoms with Gasteiger partial charge in [0.1, 0.15) is 6.54 Å². The maximum atomic E-state index is 11.7. The van der Waals surface area contributed by atoms with Crippen LogP contribution in [0.3, 0.4) is 0 Å². The monoisotopic (exact) mass is 216 g/mol. The van der Waals surface area contributed by atoms with E-state index >= 15 is 0 Å². The lowest BCUT2D eigenvalue weighted by atomic mass is 10.2. The summed E-state index contributed by atoms with van der Waals surface area (Å²) in [6.45, 7) is 4.22. The lowest BCUT2D eigenvalue weighted by Crippen LogP contribution is -2.41. The zero-order valence-corrected chi connectivity index (χ0v) is 9.66. The molecule has 0 atom stereocenters. The predicted molar refractivity (Wildman–Crippen MR) is 57.2 cm³/mol. The summed E-state index contributed by atoms with van der Waals surface area (Å²) in [5.74, 6) is -0.453. The Morgan fingerprint density at radius 3 is 2.40 bits per heavy atom. The lowest BCUT2D eigenvalue weighted by Gasteiger charge is -2.25. The standard InChI is InChI=1S/C10H20N2O3/c1-8(2)12(7-10(14)15-3)9(13)5-4-6-11/h8H,4-7,11H2,1-3H3. The molecule has 0 saturated carbocycles. The fourth-order valence-electron chi connectivity index (χ4n) is 1.16. The predicted octanol–water partition coefficient (Wildman–Crippen LogP) is 0.135. The largest absolute Gasteiger partial charge is 0.468 e. The van der Waals surface area contributed by atoms with Crippen molar-refractivity contribution in [2.75, 3.05) is 20.2 Å². The molecular weight excluding hydrogens is 196 g/mol. The number of rotatable bonds is 6. The van der Waals surface area contributed by atoms with Crippen molar-refractivity contribution in [3.05, 3.63) is 0 Å². The van der Waals surface area contributed by atoms with Crippen LogP contribution in [0.15, 0.2) is 0 Å². The van der Waals surface area contributed by atoms with Crippen LogP contribution in [0.5, 0.6) is 0 Å². The van der Waals surface area contributed by atoms with Crippen LogP contribution in [0, 0.1) is 0 Å². The fraction of sp³-hybridized carbons (Fsp3) is 0.800. The Morgan fingerprint density at radius 2 is 2.00 bits per heavy atom. The van der Waals surface area contributed by atoms with E-state index in [0.717, 1.165) is 0 Å². The molecule has 0 radical (unpaired) electrons. The summed E-state index contributed by atoms with van der Waals surface area (Å²) in [6, 6.07) is -0.00521. The number of nitrogens with two attached hydrogens (primary N) is 1. The van der Waals surface area contributed by atoms with Crippen molar-refractivity contribution in [1.29, 1.82) is 0 Å². The molecule has 2 N–H and O–H groups in total. The number of nitrogens with zero attached hydrogens (tertiary/aromatic N) is 1. The number of methoxy groups -OCH3 is 1. The maximum Gasteiger partial charge on any atom is 0.325 e. The van der Waals surface area contributed by atoms with Gasteiger partial charge in [-0.15, -0.1) is 0 Å². The Kier molecular flexibility index (Phi) is 6.70. The summed E-state index contributed by atoms with van der Waals surface area (Å²) in [5, 5.41) is 0. The number of esters is 1. The zero-order valence-electron chi connectivity index (χ0n) is 9.66. The third kappa shape index (κ3) is 5.37. The minimum absolute atomic E-state index is 0.00521. The van der Waals surface area contributed by atoms with E-state index in [2.05, 4.69) is 4.74 Å². The first-order valence-electron chi connectivity index (χ1n) is 5.09. The highest BCUT2D eigenvalue weighted by Crippen LogP contribution is 2.03. The van der Waals surface area contributed by atoms with Crippen molar-refractivity contribution in [3.63, 3.8) is 0 Å². The Balaban J connectivity index is 4.25. The van der Waals surface area contributed by atoms with E-state index in [-0.39, 0.29) is 18.5 Å². The van der Waals surface area contributed by atoms with Gasteiger partial charge in [-0.05, 0) is 26.8 Å². The third-order valence-corrected chi connectivity index (χ3v) is 2.07. The molecule has 0 aliphatic carbocycles. The second-order valence-corrected chi connectivity index (χ2v) is 3.58. The van der Waals surface area contributed by atoms with Gasteiger partial charge in [-0.3, -0.25) is 9.59 Å². The SMILES string of the molecule is COC(=O)CN(C(=O)CCCN)C(C)C. The molecule has 0 aromatic heterocycles. The fourth-order valence-corrected chi connectivity index (χ4v) is 1.16. The Bertz CT molecular complexity index is 217. The first-order chi connectivity index (χ1) is 7.02. The molecular formula is C10H20N2O3. The lowest BCUT2D eigenvalue weighted by molar-refractivity contribution is -0.148. The number of amides is 1. The molecule has 1 amide bonds. The molecule has 5 heteroatoms. The van der Waals surface area contributed by atoms with Crippen molar-refractivity contribution in [1.82, 2.24) is 4.90 Å². The Labute approximate surface area is 90.6 Å². The summed E-state index contributed by atoms with van der Waals surface area (Å²) in [4.78, 5) is 24.2. The van der Waals surface area contributed by atoms with Crippen LogP contribution >= 0.6 is 0 Å². The van der Waals surface area contributed by atoms with Crippen LogP contribution < -0.4 is 5.73 Å². The van der Waals surface area contributed by atoms with E-state index in [0.29, 0.717) is 19.4 Å². The third-order valence-electron chi connectivity index (χ3n) is 2.07. The molecule has 0 fully saturated rings. The maximum absolute atomic E-state index is 11.7. The smallest absolute Gasteiger partial charge is 0.325 e. The van der Waals surface area contributed by atoms with Gasteiger partial charge in [0.05, 0.1) is 7.11 Å². The molecule has 0 rings (SSSR count). The Morgan fingerprint density at radius 1 is 1.40 bits per heavy atom. The van der Waals surface area contributed by atoms with Crippen molar-refractivity contribution in [2.45, 2.75) is 32.7 Å². The number of carbonyl (C=O) groups is 2. The van der Waals surface area contributed by atoms with Crippen LogP contribution in [-0.2, 0) is 14.3 Å². The molecule has 0 bridgehead atoms. The van der Waals surface area contributed by atoms with E-state index < -0.39 is 5.97 Å². The number of ether oxygens (including phenoxy) is 1. The van der Waals surface area contributed by atoms with Gasteiger partial charge >= 0.3 is 5.97 Å². The zero-order chi connectivity index (χ0) is 11.8. The van der Waals surface area contributed by atoms with E-state index in [1.165, 1.54) is 12.0 Å². The van der Waals surface area contributed by atoms with Crippen LogP contribution in [0.25, 0.3) is 0 Å². The average molecular weight is 216 g/mol. The van der Waals surface area contributed by atoms with Gasteiger partial charge in [0.15, 0.2) is 0 Å². The summed E-state index contributed by atoms with van der Waals surface area (Å²) in [5.41, 5.74) is 5.32. The molecule has 5 nitrogen and oxygen atoms in total. The summed E-state index contributed by atoms with van der Waals surface area (Å²) >= 11 is 0. The van der Waals surface area contributed by atoms with Gasteiger partial charge < -0.3 is 15.4 Å². The van der Waals surface area contributed by atoms with Gasteiger partial charge in [-0.25, -0.2) is 0 Å². The topological polar surface area (TPSA) is 72.6 Å². The van der Waals surface area contributed by atoms with E-state index in [1.807, 2.05) is 13.8 Å². The second kappa shape index (κ2) is 7.23. The molecule has 0 aliphatic rings. The van der Waals surface area contributed by atoms with Crippen molar-refractivity contribution in [3.8, 4) is 0 Å². The van der Waals surface area contributed by atoms with E-state index in [9.17, 15) is 9.59 Å². The normalized spacial score (nSPS) is 10.2. The molecule has 0 unspecified atom stereocenters. The minimum Gasteiger partial charge on any atom is -0.468 e. The van der Waals surface area contributed by atoms with Crippen LogP contribution in [0.4, 0.5) is 0 Å². The quantitative estimate of drug-likeness (QED) is 0.641. The van der Waals surface area contributed by atoms with Crippen molar-refractivity contribution in [2.24, 2.45) is 5.73 Å². The van der Waals surface area contributed by atoms with Crippen molar-refractivity contribution >= 4 is 11.9 Å². The van der Waals surface area contributed by atoms with Crippen LogP contribution in [0.2, 0.25) is 0 Å². The summed E-state index contributed by atoms with van der Waals surface area (Å²) in [6.07, 6.45) is 1.02. The van der Waals surface area contributed by atoms with Gasteiger partial charge in [0.25, 0.3) is 0 Å². The molecule has 0 aromatic carbocycles. The van der Waals surface area contributed by atoms with E-state index in [1.54, 1.807) is 0 Å². The first kappa shape index (κ1) is 13.9. The molecule has 0 spiro atoms. The average Bonchev–Trinajstić information content (AvgIpc) is 2.21. The number of carbonyl (C=O) groups excluding carboxylic acids is 2. The summed E-state index contributed by atoms with van der Waals surface area (Å²) in [7, 11) is 1.31. The number of hydrogen-bond acceptors (Lipinski definition) is 4. The first-order valence-corrected chi connectivity index (χ1v) is 5.09. The number of hydrogen-bond donors (Lipinski definition) is 1. The van der Waals surface area contributed by atoms with Gasteiger partial charge in [0.2, 0.25) is 5.91 Å². The highest BCUT2D eigenvalue weighted by Gasteiger charge is 2.19. The van der Waals surface area contributed by atoms with Crippen molar-refractivity contribution < 1.29 is 14.3 Å². The van der Waals surface area contributed by atoms with Gasteiger partial charge in [-0.2, -0.15) is 0 Å². The minimum atomic E-state index is -0.398. The van der Waals surface area contributed by atoms with Crippen LogP contribution in [0.1, 0.15) is 26.7 Å². The molecule has 0 saturated heterocycles. The summed E-state index contributed by atoms with van der Waals surface area (Å²) < 4.78 is 4.53. The Hall–Kier alpha value is -1.10. The molecule has 0 heterocycles. The highest BCUT2D eigenvalue weighted by molar-refractivity contribution is 5.82. The molecule has 0 aliphatic heterocycles.